The Morgan fingerprint density at radius 2 is 1.84 bits per heavy atom. The van der Waals surface area contributed by atoms with Crippen LogP contribution in [0.5, 0.6) is 0 Å². The Kier molecular flexibility index (Phi) is 3.02. The number of piperidine rings is 1. The van der Waals surface area contributed by atoms with E-state index in [1.807, 2.05) is 0 Å². The second kappa shape index (κ2) is 4.85. The van der Waals surface area contributed by atoms with Crippen molar-refractivity contribution in [3.63, 3.8) is 0 Å². The molecule has 1 saturated heterocycles. The van der Waals surface area contributed by atoms with Crippen molar-refractivity contribution in [2.24, 2.45) is 5.92 Å². The molecule has 0 aromatic carbocycles. The molecule has 0 amide bonds. The number of tetrazole rings is 1. The molecule has 104 valence electrons. The highest BCUT2D eigenvalue weighted by atomic mass is 15.6. The highest BCUT2D eigenvalue weighted by Crippen LogP contribution is 2.37. The molecule has 0 spiro atoms. The normalized spacial score (nSPS) is 32.2. The summed E-state index contributed by atoms with van der Waals surface area (Å²) in [6.07, 6.45) is 11.0. The van der Waals surface area contributed by atoms with Gasteiger partial charge in [0, 0.05) is 6.04 Å². The summed E-state index contributed by atoms with van der Waals surface area (Å²) in [5, 5.41) is 12.3. The van der Waals surface area contributed by atoms with Gasteiger partial charge in [-0.25, -0.2) is 4.68 Å². The number of likely N-dealkylation sites (tertiary alicyclic amines) is 1. The van der Waals surface area contributed by atoms with E-state index in [1.165, 1.54) is 57.9 Å². The van der Waals surface area contributed by atoms with Crippen LogP contribution in [0.4, 0.5) is 0 Å². The van der Waals surface area contributed by atoms with Crippen molar-refractivity contribution >= 4 is 0 Å². The van der Waals surface area contributed by atoms with Crippen LogP contribution in [-0.4, -0.2) is 37.7 Å². The van der Waals surface area contributed by atoms with E-state index in [0.29, 0.717) is 6.04 Å². The van der Waals surface area contributed by atoms with Crippen molar-refractivity contribution in [2.45, 2.75) is 70.0 Å². The molecule has 0 radical (unpaired) electrons. The smallest absolute Gasteiger partial charge is 0.165 e. The van der Waals surface area contributed by atoms with Crippen LogP contribution in [0, 0.1) is 5.92 Å². The average molecular weight is 261 g/mol. The molecule has 1 aromatic rings. The van der Waals surface area contributed by atoms with Crippen molar-refractivity contribution < 1.29 is 0 Å². The number of hydrogen-bond acceptors (Lipinski definition) is 4. The number of fused-ring (bicyclic) bond motifs is 1. The molecule has 2 atom stereocenters. The summed E-state index contributed by atoms with van der Waals surface area (Å²) in [6.45, 7) is 2.20. The van der Waals surface area contributed by atoms with Gasteiger partial charge in [-0.3, -0.25) is 4.90 Å². The summed E-state index contributed by atoms with van der Waals surface area (Å²) < 4.78 is 2.08. The van der Waals surface area contributed by atoms with Crippen LogP contribution in [-0.2, 0) is 6.54 Å². The van der Waals surface area contributed by atoms with Crippen molar-refractivity contribution in [3.8, 4) is 0 Å². The second-order valence-corrected chi connectivity index (χ2v) is 6.50. The third-order valence-corrected chi connectivity index (χ3v) is 5.16. The Hall–Kier alpha value is -0.970. The highest BCUT2D eigenvalue weighted by molar-refractivity contribution is 4.94. The summed E-state index contributed by atoms with van der Waals surface area (Å²) in [5.74, 6) is 2.03. The lowest BCUT2D eigenvalue weighted by Crippen LogP contribution is -2.46. The zero-order valence-electron chi connectivity index (χ0n) is 11.5. The first-order valence-electron chi connectivity index (χ1n) is 7.92. The lowest BCUT2D eigenvalue weighted by Gasteiger charge is -2.43. The molecule has 5 nitrogen and oxygen atoms in total. The van der Waals surface area contributed by atoms with Crippen LogP contribution < -0.4 is 0 Å². The number of aromatic nitrogens is 4. The van der Waals surface area contributed by atoms with E-state index in [2.05, 4.69) is 25.1 Å². The first-order chi connectivity index (χ1) is 9.42. The Bertz CT molecular complexity index is 437. The van der Waals surface area contributed by atoms with Crippen LogP contribution in [0.1, 0.15) is 63.2 Å². The van der Waals surface area contributed by atoms with Crippen LogP contribution in [0.2, 0.25) is 0 Å². The predicted octanol–water partition coefficient (Wildman–Crippen LogP) is 2.16. The Labute approximate surface area is 114 Å². The van der Waals surface area contributed by atoms with Gasteiger partial charge in [0.05, 0.1) is 12.6 Å². The van der Waals surface area contributed by atoms with Gasteiger partial charge < -0.3 is 0 Å². The van der Waals surface area contributed by atoms with Crippen LogP contribution >= 0.6 is 0 Å². The maximum atomic E-state index is 4.27. The van der Waals surface area contributed by atoms with E-state index in [0.717, 1.165) is 24.3 Å². The van der Waals surface area contributed by atoms with Gasteiger partial charge in [0.1, 0.15) is 0 Å². The van der Waals surface area contributed by atoms with Gasteiger partial charge in [-0.2, -0.15) is 0 Å². The van der Waals surface area contributed by atoms with E-state index in [4.69, 9.17) is 0 Å². The van der Waals surface area contributed by atoms with Gasteiger partial charge in [-0.15, -0.1) is 5.10 Å². The van der Waals surface area contributed by atoms with Gasteiger partial charge in [0.2, 0.25) is 0 Å². The molecule has 5 heteroatoms. The van der Waals surface area contributed by atoms with Crippen LogP contribution in [0.15, 0.2) is 0 Å². The molecule has 3 fully saturated rings. The lowest BCUT2D eigenvalue weighted by molar-refractivity contribution is 0.0515. The molecule has 19 heavy (non-hydrogen) atoms. The topological polar surface area (TPSA) is 46.8 Å². The molecule has 1 aromatic heterocycles. The summed E-state index contributed by atoms with van der Waals surface area (Å²) in [7, 11) is 0. The Morgan fingerprint density at radius 3 is 2.74 bits per heavy atom. The fourth-order valence-electron chi connectivity index (χ4n) is 4.02. The quantitative estimate of drug-likeness (QED) is 0.836. The fourth-order valence-corrected chi connectivity index (χ4v) is 4.02. The summed E-state index contributed by atoms with van der Waals surface area (Å²) >= 11 is 0. The molecule has 0 unspecified atom stereocenters. The first kappa shape index (κ1) is 11.8. The minimum atomic E-state index is 0.594. The first-order valence-corrected chi connectivity index (χ1v) is 7.92. The largest absolute Gasteiger partial charge is 0.293 e. The van der Waals surface area contributed by atoms with Crippen molar-refractivity contribution in [1.82, 2.24) is 25.1 Å². The highest BCUT2D eigenvalue weighted by Gasteiger charge is 2.35. The number of hydrogen-bond donors (Lipinski definition) is 0. The fraction of sp³-hybridized carbons (Fsp3) is 0.929. The van der Waals surface area contributed by atoms with E-state index >= 15 is 0 Å². The monoisotopic (exact) mass is 261 g/mol. The van der Waals surface area contributed by atoms with Gasteiger partial charge in [0.15, 0.2) is 5.82 Å². The number of nitrogens with zero attached hydrogens (tertiary/aromatic N) is 5. The molecule has 0 N–H and O–H groups in total. The molecule has 2 saturated carbocycles. The maximum absolute atomic E-state index is 4.27. The third kappa shape index (κ3) is 2.29. The SMILES string of the molecule is C1CC[C@H]2[C@@H](C1)CCCN2Cc1nnnn1C1CC1. The third-order valence-electron chi connectivity index (χ3n) is 5.16. The molecule has 4 rings (SSSR count). The van der Waals surface area contributed by atoms with Gasteiger partial charge in [0.25, 0.3) is 0 Å². The molecular weight excluding hydrogens is 238 g/mol. The number of rotatable bonds is 3. The van der Waals surface area contributed by atoms with Crippen molar-refractivity contribution in [2.75, 3.05) is 6.54 Å². The van der Waals surface area contributed by atoms with Gasteiger partial charge >= 0.3 is 0 Å². The zero-order chi connectivity index (χ0) is 12.7. The van der Waals surface area contributed by atoms with Crippen molar-refractivity contribution in [3.05, 3.63) is 5.82 Å². The standard InChI is InChI=1S/C14H23N5/c1-2-6-13-11(4-1)5-3-9-18(13)10-14-15-16-17-19(14)12-7-8-12/h11-13H,1-10H2/t11-,13-/m0/s1. The maximum Gasteiger partial charge on any atom is 0.165 e. The second-order valence-electron chi connectivity index (χ2n) is 6.50. The molecule has 3 aliphatic rings. The summed E-state index contributed by atoms with van der Waals surface area (Å²) in [6, 6.07) is 1.39. The summed E-state index contributed by atoms with van der Waals surface area (Å²) in [5.41, 5.74) is 0. The molecule has 2 heterocycles. The molecule has 0 bridgehead atoms. The van der Waals surface area contributed by atoms with E-state index in [1.54, 1.807) is 0 Å². The predicted molar refractivity (Wildman–Crippen MR) is 71.5 cm³/mol. The lowest BCUT2D eigenvalue weighted by atomic mass is 9.78. The van der Waals surface area contributed by atoms with E-state index in [9.17, 15) is 0 Å². The zero-order valence-corrected chi connectivity index (χ0v) is 11.5. The minimum absolute atomic E-state index is 0.594. The minimum Gasteiger partial charge on any atom is -0.293 e. The van der Waals surface area contributed by atoms with Crippen molar-refractivity contribution in [1.29, 1.82) is 0 Å². The van der Waals surface area contributed by atoms with E-state index < -0.39 is 0 Å². The van der Waals surface area contributed by atoms with Crippen LogP contribution in [0.25, 0.3) is 0 Å². The van der Waals surface area contributed by atoms with Gasteiger partial charge in [-0.1, -0.05) is 12.8 Å². The Morgan fingerprint density at radius 1 is 1.00 bits per heavy atom. The molecule has 1 aliphatic heterocycles. The van der Waals surface area contributed by atoms with Crippen LogP contribution in [0.3, 0.4) is 0 Å². The summed E-state index contributed by atoms with van der Waals surface area (Å²) in [4.78, 5) is 2.66. The molecule has 2 aliphatic carbocycles. The molecular formula is C14H23N5. The average Bonchev–Trinajstić information content (AvgIpc) is 3.20. The van der Waals surface area contributed by atoms with Gasteiger partial charge in [-0.05, 0) is 61.4 Å². The Balaban J connectivity index is 1.49. The van der Waals surface area contributed by atoms with E-state index in [-0.39, 0.29) is 0 Å².